The molecule has 0 spiro atoms. The summed E-state index contributed by atoms with van der Waals surface area (Å²) in [5, 5.41) is -1.36. The summed E-state index contributed by atoms with van der Waals surface area (Å²) in [5.74, 6) is -1.66. The van der Waals surface area contributed by atoms with Crippen molar-refractivity contribution < 1.29 is 18.0 Å². The van der Waals surface area contributed by atoms with Crippen LogP contribution in [-0.2, 0) is 19.4 Å². The highest BCUT2D eigenvalue weighted by molar-refractivity contribution is 7.92. The summed E-state index contributed by atoms with van der Waals surface area (Å²) >= 11 is 0. The van der Waals surface area contributed by atoms with Crippen molar-refractivity contribution in [2.24, 2.45) is 5.73 Å². The summed E-state index contributed by atoms with van der Waals surface area (Å²) in [5.41, 5.74) is 6.08. The molecular weight excluding hydrogens is 280 g/mol. The molecule has 7 heteroatoms. The highest BCUT2D eigenvalue weighted by Crippen LogP contribution is 2.34. The van der Waals surface area contributed by atoms with E-state index < -0.39 is 32.8 Å². The van der Waals surface area contributed by atoms with E-state index in [1.54, 1.807) is 30.3 Å². The molecule has 1 amide bonds. The van der Waals surface area contributed by atoms with Crippen molar-refractivity contribution in [3.63, 3.8) is 0 Å². The predicted molar refractivity (Wildman–Crippen MR) is 73.6 cm³/mol. The van der Waals surface area contributed by atoms with Crippen LogP contribution in [-0.4, -0.2) is 49.6 Å². The number of benzene rings is 1. The largest absolute Gasteiger partial charge is 0.329 e. The lowest BCUT2D eigenvalue weighted by molar-refractivity contribution is -0.140. The van der Waals surface area contributed by atoms with E-state index in [4.69, 9.17) is 5.73 Å². The van der Waals surface area contributed by atoms with E-state index in [9.17, 15) is 18.0 Å². The normalized spacial score (nSPS) is 23.4. The minimum absolute atomic E-state index is 0.149. The Hall–Kier alpha value is -1.73. The van der Waals surface area contributed by atoms with Crippen molar-refractivity contribution in [3.8, 4) is 0 Å². The number of rotatable bonds is 4. The molecule has 0 unspecified atom stereocenters. The van der Waals surface area contributed by atoms with Gasteiger partial charge < -0.3 is 10.6 Å². The molecule has 1 aliphatic heterocycles. The quantitative estimate of drug-likeness (QED) is 0.756. The Morgan fingerprint density at radius 3 is 2.30 bits per heavy atom. The first-order valence-electron chi connectivity index (χ1n) is 6.16. The van der Waals surface area contributed by atoms with Crippen LogP contribution in [0.5, 0.6) is 0 Å². The van der Waals surface area contributed by atoms with Gasteiger partial charge in [0.1, 0.15) is 0 Å². The highest BCUT2D eigenvalue weighted by Gasteiger charge is 2.52. The molecule has 0 radical (unpaired) electrons. The van der Waals surface area contributed by atoms with Crippen LogP contribution in [0, 0.1) is 0 Å². The monoisotopic (exact) mass is 296 g/mol. The molecule has 108 valence electrons. The Kier molecular flexibility index (Phi) is 3.92. The maximum Gasteiger partial charge on any atom is 0.292 e. The minimum Gasteiger partial charge on any atom is -0.329 e. The van der Waals surface area contributed by atoms with Crippen molar-refractivity contribution in [1.29, 1.82) is 0 Å². The van der Waals surface area contributed by atoms with Gasteiger partial charge >= 0.3 is 0 Å². The van der Waals surface area contributed by atoms with Crippen molar-refractivity contribution >= 4 is 21.5 Å². The predicted octanol–water partition coefficient (Wildman–Crippen LogP) is -0.489. The molecule has 0 aliphatic carbocycles. The molecule has 1 aromatic carbocycles. The Morgan fingerprint density at radius 2 is 1.80 bits per heavy atom. The molecule has 20 heavy (non-hydrogen) atoms. The first-order valence-corrected chi connectivity index (χ1v) is 8.12. The van der Waals surface area contributed by atoms with Gasteiger partial charge in [-0.15, -0.1) is 0 Å². The Labute approximate surface area is 117 Å². The van der Waals surface area contributed by atoms with Gasteiger partial charge in [0.15, 0.2) is 15.1 Å². The van der Waals surface area contributed by atoms with Crippen LogP contribution in [0.15, 0.2) is 30.3 Å². The van der Waals surface area contributed by atoms with E-state index >= 15 is 0 Å². The Bertz CT molecular complexity index is 627. The van der Waals surface area contributed by atoms with Gasteiger partial charge in [0, 0.05) is 19.3 Å². The van der Waals surface area contributed by atoms with Crippen LogP contribution >= 0.6 is 0 Å². The number of Topliss-reactive ketones (excluding diaryl/α,β-unsaturated/α-hetero) is 1. The van der Waals surface area contributed by atoms with Crippen molar-refractivity contribution in [2.75, 3.05) is 19.3 Å². The molecule has 2 N–H and O–H groups in total. The van der Waals surface area contributed by atoms with Crippen LogP contribution in [0.3, 0.4) is 0 Å². The SMILES string of the molecule is CS(=O)(=O)[C@@H]1C(=O)C(=O)N(CCN)[C@H]1c1ccccc1. The van der Waals surface area contributed by atoms with Gasteiger partial charge in [-0.25, -0.2) is 8.42 Å². The molecule has 2 atom stereocenters. The van der Waals surface area contributed by atoms with Crippen molar-refractivity contribution in [1.82, 2.24) is 4.90 Å². The second-order valence-corrected chi connectivity index (χ2v) is 6.92. The fourth-order valence-electron chi connectivity index (χ4n) is 2.51. The van der Waals surface area contributed by atoms with Gasteiger partial charge in [0.2, 0.25) is 5.78 Å². The molecule has 1 heterocycles. The molecule has 1 saturated heterocycles. The van der Waals surface area contributed by atoms with Crippen LogP contribution in [0.4, 0.5) is 0 Å². The number of nitrogens with zero attached hydrogens (tertiary/aromatic N) is 1. The highest BCUT2D eigenvalue weighted by atomic mass is 32.2. The van der Waals surface area contributed by atoms with Gasteiger partial charge in [0.25, 0.3) is 5.91 Å². The molecular formula is C13H16N2O4S. The molecule has 6 nitrogen and oxygen atoms in total. The summed E-state index contributed by atoms with van der Waals surface area (Å²) < 4.78 is 23.8. The average Bonchev–Trinajstić information content (AvgIpc) is 2.65. The average molecular weight is 296 g/mol. The number of carbonyl (C=O) groups excluding carboxylic acids is 2. The second kappa shape index (κ2) is 5.34. The standard InChI is InChI=1S/C13H16N2O4S/c1-20(18,19)12-10(9-5-3-2-4-6-9)15(8-7-14)13(17)11(12)16/h2-6,10,12H,7-8,14H2,1H3/t10-,12-/m0/s1. The van der Waals surface area contributed by atoms with Crippen molar-refractivity contribution in [2.45, 2.75) is 11.3 Å². The smallest absolute Gasteiger partial charge is 0.292 e. The van der Waals surface area contributed by atoms with E-state index in [-0.39, 0.29) is 13.1 Å². The number of hydrogen-bond acceptors (Lipinski definition) is 5. The molecule has 0 saturated carbocycles. The topological polar surface area (TPSA) is 97.5 Å². The lowest BCUT2D eigenvalue weighted by atomic mass is 10.0. The van der Waals surface area contributed by atoms with E-state index in [0.717, 1.165) is 6.26 Å². The third-order valence-corrected chi connectivity index (χ3v) is 4.72. The van der Waals surface area contributed by atoms with E-state index in [1.165, 1.54) is 4.90 Å². The number of hydrogen-bond donors (Lipinski definition) is 1. The van der Waals surface area contributed by atoms with Crippen LogP contribution in [0.2, 0.25) is 0 Å². The third kappa shape index (κ3) is 2.46. The summed E-state index contributed by atoms with van der Waals surface area (Å²) in [7, 11) is -3.69. The fraction of sp³-hybridized carbons (Fsp3) is 0.385. The van der Waals surface area contributed by atoms with E-state index in [0.29, 0.717) is 5.56 Å². The number of amides is 1. The number of ketones is 1. The zero-order valence-electron chi connectivity index (χ0n) is 11.0. The van der Waals surface area contributed by atoms with Gasteiger partial charge in [-0.3, -0.25) is 9.59 Å². The zero-order valence-corrected chi connectivity index (χ0v) is 11.8. The van der Waals surface area contributed by atoms with Crippen molar-refractivity contribution in [3.05, 3.63) is 35.9 Å². The van der Waals surface area contributed by atoms with Crippen LogP contribution in [0.1, 0.15) is 11.6 Å². The number of sulfone groups is 1. The number of carbonyl (C=O) groups is 2. The Morgan fingerprint density at radius 1 is 1.20 bits per heavy atom. The summed E-state index contributed by atoms with van der Waals surface area (Å²) in [6.45, 7) is 0.314. The number of nitrogens with two attached hydrogens (primary N) is 1. The molecule has 1 aromatic rings. The summed E-state index contributed by atoms with van der Waals surface area (Å²) in [4.78, 5) is 25.3. The molecule has 0 aromatic heterocycles. The van der Waals surface area contributed by atoms with Crippen LogP contribution < -0.4 is 5.73 Å². The summed E-state index contributed by atoms with van der Waals surface area (Å²) in [6.07, 6.45) is 0.977. The number of likely N-dealkylation sites (tertiary alicyclic amines) is 1. The van der Waals surface area contributed by atoms with Crippen LogP contribution in [0.25, 0.3) is 0 Å². The summed E-state index contributed by atoms with van der Waals surface area (Å²) in [6, 6.07) is 7.88. The molecule has 0 bridgehead atoms. The van der Waals surface area contributed by atoms with Gasteiger partial charge in [0.05, 0.1) is 6.04 Å². The van der Waals surface area contributed by atoms with Gasteiger partial charge in [-0.2, -0.15) is 0 Å². The second-order valence-electron chi connectivity index (χ2n) is 4.76. The lowest BCUT2D eigenvalue weighted by Gasteiger charge is -2.26. The molecule has 1 aliphatic rings. The maximum atomic E-state index is 12.0. The molecule has 2 rings (SSSR count). The fourth-order valence-corrected chi connectivity index (χ4v) is 3.77. The van der Waals surface area contributed by atoms with E-state index in [2.05, 4.69) is 0 Å². The third-order valence-electron chi connectivity index (χ3n) is 3.32. The molecule has 1 fully saturated rings. The van der Waals surface area contributed by atoms with Gasteiger partial charge in [-0.05, 0) is 5.56 Å². The Balaban J connectivity index is 2.55. The van der Waals surface area contributed by atoms with Gasteiger partial charge in [-0.1, -0.05) is 30.3 Å². The first kappa shape index (κ1) is 14.7. The lowest BCUT2D eigenvalue weighted by Crippen LogP contribution is -2.36. The first-order chi connectivity index (χ1) is 9.38. The maximum absolute atomic E-state index is 12.0. The van der Waals surface area contributed by atoms with E-state index in [1.807, 2.05) is 0 Å². The minimum atomic E-state index is -3.69. The zero-order chi connectivity index (χ0) is 14.9.